The van der Waals surface area contributed by atoms with Crippen LogP contribution in [0.4, 0.5) is 0 Å². The number of rotatable bonds is 46. The molecule has 0 saturated heterocycles. The number of carbonyl (C=O) groups excluding carboxylic acids is 2. The number of hydrogen-bond acceptors (Lipinski definition) is 5. The van der Waals surface area contributed by atoms with Gasteiger partial charge >= 0.3 is 5.97 Å². The summed E-state index contributed by atoms with van der Waals surface area (Å²) in [5.41, 5.74) is 0. The van der Waals surface area contributed by atoms with E-state index < -0.39 is 12.1 Å². The third-order valence-electron chi connectivity index (χ3n) is 11.6. The van der Waals surface area contributed by atoms with Crippen LogP contribution >= 0.6 is 0 Å². The molecule has 0 aromatic rings. The molecule has 0 saturated carbocycles. The summed E-state index contributed by atoms with van der Waals surface area (Å²) in [7, 11) is 0. The summed E-state index contributed by atoms with van der Waals surface area (Å²) in [6.07, 6.45) is 52.1. The Morgan fingerprint density at radius 3 is 1.21 bits per heavy atom. The number of nitrogens with one attached hydrogen (secondary N) is 1. The molecule has 0 aromatic heterocycles. The van der Waals surface area contributed by atoms with Crippen LogP contribution in [0.2, 0.25) is 0 Å². The SMILES string of the molecule is CCCCCCCCCC/C=C/C(O)C(CO)NC(=O)CCCCCCCCCCCCCCCCCCCOC(=O)CCCCCCCCCCCCCC. The summed E-state index contributed by atoms with van der Waals surface area (Å²) in [5, 5.41) is 22.9. The normalized spacial score (nSPS) is 12.7. The monoisotopic (exact) mass is 792 g/mol. The maximum absolute atomic E-state index is 12.4. The van der Waals surface area contributed by atoms with E-state index in [2.05, 4.69) is 19.2 Å². The van der Waals surface area contributed by atoms with Crippen LogP contribution in [0, 0.1) is 0 Å². The van der Waals surface area contributed by atoms with E-state index in [4.69, 9.17) is 4.74 Å². The van der Waals surface area contributed by atoms with Crippen LogP contribution in [0.5, 0.6) is 0 Å². The van der Waals surface area contributed by atoms with Crippen LogP contribution in [0.3, 0.4) is 0 Å². The number of allylic oxidation sites excluding steroid dienone is 1. The smallest absolute Gasteiger partial charge is 0.305 e. The number of carbonyl (C=O) groups is 2. The largest absolute Gasteiger partial charge is 0.466 e. The lowest BCUT2D eigenvalue weighted by Gasteiger charge is -2.20. The average Bonchev–Trinajstić information content (AvgIpc) is 3.20. The summed E-state index contributed by atoms with van der Waals surface area (Å²) in [4.78, 5) is 24.4. The van der Waals surface area contributed by atoms with Crippen molar-refractivity contribution in [2.45, 2.75) is 283 Å². The highest BCUT2D eigenvalue weighted by Crippen LogP contribution is 2.16. The molecule has 0 aliphatic heterocycles. The minimum atomic E-state index is -0.844. The first-order chi connectivity index (χ1) is 27.5. The maximum atomic E-state index is 12.4. The van der Waals surface area contributed by atoms with Gasteiger partial charge in [0.1, 0.15) is 0 Å². The van der Waals surface area contributed by atoms with E-state index >= 15 is 0 Å². The van der Waals surface area contributed by atoms with Crippen LogP contribution in [0.25, 0.3) is 0 Å². The predicted molar refractivity (Wildman–Crippen MR) is 241 cm³/mol. The highest BCUT2D eigenvalue weighted by Gasteiger charge is 2.18. The van der Waals surface area contributed by atoms with Crippen LogP contribution in [0.1, 0.15) is 271 Å². The highest BCUT2D eigenvalue weighted by atomic mass is 16.5. The quantitative estimate of drug-likeness (QED) is 0.0324. The van der Waals surface area contributed by atoms with E-state index in [0.717, 1.165) is 44.9 Å². The summed E-state index contributed by atoms with van der Waals surface area (Å²) in [6.45, 7) is 4.87. The standard InChI is InChI=1S/C50H97NO5/c1-3-5-7-9-11-13-15-24-28-32-36-40-44-50(55)56-45-41-37-33-29-25-22-20-18-16-17-19-21-23-27-31-35-39-43-49(54)51-47(46-52)48(53)42-38-34-30-26-14-12-10-8-6-4-2/h38,42,47-48,52-53H,3-37,39-41,43-46H2,1-2H3,(H,51,54)/b42-38+. The second kappa shape index (κ2) is 46.3. The summed E-state index contributed by atoms with van der Waals surface area (Å²) >= 11 is 0. The molecule has 0 aromatic carbocycles. The molecule has 56 heavy (non-hydrogen) atoms. The zero-order valence-corrected chi connectivity index (χ0v) is 37.6. The maximum Gasteiger partial charge on any atom is 0.305 e. The Morgan fingerprint density at radius 1 is 0.482 bits per heavy atom. The second-order valence-electron chi connectivity index (χ2n) is 17.2. The van der Waals surface area contributed by atoms with Crippen LogP contribution in [-0.2, 0) is 14.3 Å². The zero-order chi connectivity index (χ0) is 40.8. The van der Waals surface area contributed by atoms with Crippen molar-refractivity contribution in [3.63, 3.8) is 0 Å². The molecule has 0 aliphatic rings. The van der Waals surface area contributed by atoms with E-state index in [1.54, 1.807) is 6.08 Å². The van der Waals surface area contributed by atoms with Gasteiger partial charge in [0.15, 0.2) is 0 Å². The molecule has 0 bridgehead atoms. The van der Waals surface area contributed by atoms with E-state index in [1.807, 2.05) is 6.08 Å². The van der Waals surface area contributed by atoms with Crippen molar-refractivity contribution in [2.24, 2.45) is 0 Å². The van der Waals surface area contributed by atoms with Crippen molar-refractivity contribution >= 4 is 11.9 Å². The second-order valence-corrected chi connectivity index (χ2v) is 17.2. The number of amides is 1. The Labute approximate surface area is 349 Å². The zero-order valence-electron chi connectivity index (χ0n) is 37.6. The van der Waals surface area contributed by atoms with E-state index in [0.29, 0.717) is 19.4 Å². The van der Waals surface area contributed by atoms with Gasteiger partial charge in [-0.1, -0.05) is 238 Å². The lowest BCUT2D eigenvalue weighted by molar-refractivity contribution is -0.143. The van der Waals surface area contributed by atoms with Gasteiger partial charge in [0.25, 0.3) is 0 Å². The van der Waals surface area contributed by atoms with Crippen LogP contribution in [-0.4, -0.2) is 47.4 Å². The number of aliphatic hydroxyl groups is 2. The summed E-state index contributed by atoms with van der Waals surface area (Å²) < 4.78 is 5.46. The number of hydrogen-bond donors (Lipinski definition) is 3. The van der Waals surface area contributed by atoms with Crippen molar-refractivity contribution in [3.05, 3.63) is 12.2 Å². The van der Waals surface area contributed by atoms with Crippen molar-refractivity contribution < 1.29 is 24.5 Å². The van der Waals surface area contributed by atoms with Gasteiger partial charge in [-0.2, -0.15) is 0 Å². The summed E-state index contributed by atoms with van der Waals surface area (Å²) in [6, 6.07) is -0.628. The molecular formula is C50H97NO5. The molecule has 2 atom stereocenters. The first kappa shape index (κ1) is 54.6. The van der Waals surface area contributed by atoms with Gasteiger partial charge in [0.05, 0.1) is 25.4 Å². The third-order valence-corrected chi connectivity index (χ3v) is 11.6. The minimum Gasteiger partial charge on any atom is -0.466 e. The number of unbranched alkanes of at least 4 members (excludes halogenated alkanes) is 35. The summed E-state index contributed by atoms with van der Waals surface area (Å²) in [5.74, 6) is -0.0701. The molecule has 0 spiro atoms. The van der Waals surface area contributed by atoms with Crippen LogP contribution < -0.4 is 5.32 Å². The molecular weight excluding hydrogens is 695 g/mol. The first-order valence-electron chi connectivity index (χ1n) is 25.0. The van der Waals surface area contributed by atoms with Crippen molar-refractivity contribution in [3.8, 4) is 0 Å². The van der Waals surface area contributed by atoms with Gasteiger partial charge in [-0.25, -0.2) is 0 Å². The Balaban J connectivity index is 3.41. The van der Waals surface area contributed by atoms with E-state index in [-0.39, 0.29) is 18.5 Å². The Kier molecular flexibility index (Phi) is 45.1. The fraction of sp³-hybridized carbons (Fsp3) is 0.920. The van der Waals surface area contributed by atoms with Crippen molar-refractivity contribution in [1.29, 1.82) is 0 Å². The van der Waals surface area contributed by atoms with Crippen molar-refractivity contribution in [2.75, 3.05) is 13.2 Å². The number of aliphatic hydroxyl groups excluding tert-OH is 2. The molecule has 0 rings (SSSR count). The molecule has 1 amide bonds. The predicted octanol–water partition coefficient (Wildman–Crippen LogP) is 14.6. The molecule has 0 aliphatic carbocycles. The molecule has 2 unspecified atom stereocenters. The highest BCUT2D eigenvalue weighted by molar-refractivity contribution is 5.76. The first-order valence-corrected chi connectivity index (χ1v) is 25.0. The van der Waals surface area contributed by atoms with E-state index in [1.165, 1.54) is 199 Å². The molecule has 332 valence electrons. The van der Waals surface area contributed by atoms with E-state index in [9.17, 15) is 19.8 Å². The number of ether oxygens (including phenoxy) is 1. The molecule has 6 nitrogen and oxygen atoms in total. The van der Waals surface area contributed by atoms with Gasteiger partial charge < -0.3 is 20.3 Å². The van der Waals surface area contributed by atoms with Gasteiger partial charge in [-0.05, 0) is 32.1 Å². The Hall–Kier alpha value is -1.40. The van der Waals surface area contributed by atoms with Gasteiger partial charge in [0, 0.05) is 12.8 Å². The lowest BCUT2D eigenvalue weighted by atomic mass is 10.0. The van der Waals surface area contributed by atoms with Crippen molar-refractivity contribution in [1.82, 2.24) is 5.32 Å². The fourth-order valence-electron chi connectivity index (χ4n) is 7.69. The van der Waals surface area contributed by atoms with Gasteiger partial charge in [-0.3, -0.25) is 9.59 Å². The third kappa shape index (κ3) is 42.2. The molecule has 3 N–H and O–H groups in total. The fourth-order valence-corrected chi connectivity index (χ4v) is 7.69. The average molecular weight is 792 g/mol. The molecule has 0 radical (unpaired) electrons. The minimum absolute atomic E-state index is 0.00479. The molecule has 0 fully saturated rings. The lowest BCUT2D eigenvalue weighted by Crippen LogP contribution is -2.45. The van der Waals surface area contributed by atoms with Gasteiger partial charge in [0.2, 0.25) is 5.91 Å². The number of esters is 1. The Morgan fingerprint density at radius 2 is 0.821 bits per heavy atom. The Bertz CT molecular complexity index is 832. The topological polar surface area (TPSA) is 95.9 Å². The molecule has 6 heteroatoms. The van der Waals surface area contributed by atoms with Gasteiger partial charge in [-0.15, -0.1) is 0 Å². The van der Waals surface area contributed by atoms with Crippen LogP contribution in [0.15, 0.2) is 12.2 Å². The molecule has 0 heterocycles.